The zero-order valence-corrected chi connectivity index (χ0v) is 20.8. The first-order valence-electron chi connectivity index (χ1n) is 11.6. The average Bonchev–Trinajstić information content (AvgIpc) is 2.93. The molecule has 7 heteroatoms. The predicted octanol–water partition coefficient (Wildman–Crippen LogP) is 5.43. The molecule has 5 aromatic rings. The zero-order valence-electron chi connectivity index (χ0n) is 19.9. The molecule has 0 aliphatic carbocycles. The SMILES string of the molecule is CC(c1nc2ccccc2c(=O)n1-c1ccccc1)N(C)S(=O)(=O)c1ccc(-c2ccccc2)cc1. The minimum absolute atomic E-state index is 0.172. The van der Waals surface area contributed by atoms with Crippen molar-refractivity contribution in [3.63, 3.8) is 0 Å². The monoisotopic (exact) mass is 495 g/mol. The van der Waals surface area contributed by atoms with E-state index in [-0.39, 0.29) is 10.5 Å². The van der Waals surface area contributed by atoms with E-state index in [0.717, 1.165) is 11.1 Å². The summed E-state index contributed by atoms with van der Waals surface area (Å²) < 4.78 is 30.0. The van der Waals surface area contributed by atoms with Crippen LogP contribution in [-0.4, -0.2) is 29.3 Å². The van der Waals surface area contributed by atoms with E-state index in [9.17, 15) is 13.2 Å². The lowest BCUT2D eigenvalue weighted by molar-refractivity contribution is 0.379. The lowest BCUT2D eigenvalue weighted by Gasteiger charge is -2.26. The van der Waals surface area contributed by atoms with Crippen molar-refractivity contribution < 1.29 is 8.42 Å². The highest BCUT2D eigenvalue weighted by Gasteiger charge is 2.30. The fourth-order valence-corrected chi connectivity index (χ4v) is 5.57. The number of aromatic nitrogens is 2. The minimum Gasteiger partial charge on any atom is -0.268 e. The third kappa shape index (κ3) is 4.23. The Morgan fingerprint density at radius 2 is 1.31 bits per heavy atom. The average molecular weight is 496 g/mol. The summed E-state index contributed by atoms with van der Waals surface area (Å²) in [5.74, 6) is 0.344. The fraction of sp³-hybridized carbons (Fsp3) is 0.103. The van der Waals surface area contributed by atoms with Crippen molar-refractivity contribution in [3.8, 4) is 16.8 Å². The molecule has 0 bridgehead atoms. The minimum atomic E-state index is -3.87. The summed E-state index contributed by atoms with van der Waals surface area (Å²) >= 11 is 0. The van der Waals surface area contributed by atoms with E-state index in [1.54, 1.807) is 49.4 Å². The molecular formula is C29H25N3O3S. The summed E-state index contributed by atoms with van der Waals surface area (Å²) in [6.45, 7) is 1.74. The number of hydrogen-bond donors (Lipinski definition) is 0. The van der Waals surface area contributed by atoms with E-state index in [4.69, 9.17) is 4.98 Å². The molecule has 0 aliphatic rings. The molecule has 6 nitrogen and oxygen atoms in total. The molecule has 0 spiro atoms. The van der Waals surface area contributed by atoms with Crippen molar-refractivity contribution in [1.82, 2.24) is 13.9 Å². The van der Waals surface area contributed by atoms with Gasteiger partial charge in [-0.25, -0.2) is 13.4 Å². The van der Waals surface area contributed by atoms with Crippen LogP contribution in [-0.2, 0) is 10.0 Å². The molecule has 0 saturated carbocycles. The van der Waals surface area contributed by atoms with Crippen LogP contribution in [0.3, 0.4) is 0 Å². The van der Waals surface area contributed by atoms with Gasteiger partial charge in [-0.15, -0.1) is 0 Å². The predicted molar refractivity (Wildman–Crippen MR) is 143 cm³/mol. The molecule has 0 fully saturated rings. The normalized spacial score (nSPS) is 12.6. The maximum Gasteiger partial charge on any atom is 0.266 e. The van der Waals surface area contributed by atoms with Crippen LogP contribution in [0.25, 0.3) is 27.7 Å². The molecule has 0 amide bonds. The summed E-state index contributed by atoms with van der Waals surface area (Å²) in [4.78, 5) is 18.4. The van der Waals surface area contributed by atoms with E-state index in [2.05, 4.69) is 0 Å². The highest BCUT2D eigenvalue weighted by atomic mass is 32.2. The molecule has 4 aromatic carbocycles. The van der Waals surface area contributed by atoms with Gasteiger partial charge in [0.25, 0.3) is 5.56 Å². The Labute approximate surface area is 210 Å². The first-order valence-corrected chi connectivity index (χ1v) is 13.0. The quantitative estimate of drug-likeness (QED) is 0.315. The van der Waals surface area contributed by atoms with E-state index in [1.807, 2.05) is 66.7 Å². The summed E-state index contributed by atoms with van der Waals surface area (Å²) in [5, 5.41) is 0.472. The van der Waals surface area contributed by atoms with Crippen LogP contribution >= 0.6 is 0 Å². The molecule has 1 unspecified atom stereocenters. The second-order valence-electron chi connectivity index (χ2n) is 8.55. The Bertz CT molecular complexity index is 1680. The molecular weight excluding hydrogens is 470 g/mol. The van der Waals surface area contributed by atoms with Crippen LogP contribution in [0.2, 0.25) is 0 Å². The number of para-hydroxylation sites is 2. The second-order valence-corrected chi connectivity index (χ2v) is 10.5. The Balaban J connectivity index is 1.57. The summed E-state index contributed by atoms with van der Waals surface area (Å²) in [6, 6.07) is 32.1. The first kappa shape index (κ1) is 23.7. The number of rotatable bonds is 6. The van der Waals surface area contributed by atoms with E-state index in [1.165, 1.54) is 15.9 Å². The van der Waals surface area contributed by atoms with Gasteiger partial charge in [-0.05, 0) is 54.4 Å². The fourth-order valence-electron chi connectivity index (χ4n) is 4.24. The van der Waals surface area contributed by atoms with E-state index in [0.29, 0.717) is 22.4 Å². The molecule has 36 heavy (non-hydrogen) atoms. The number of benzene rings is 4. The van der Waals surface area contributed by atoms with Gasteiger partial charge in [0.05, 0.1) is 27.5 Å². The lowest BCUT2D eigenvalue weighted by atomic mass is 10.1. The van der Waals surface area contributed by atoms with E-state index >= 15 is 0 Å². The lowest BCUT2D eigenvalue weighted by Crippen LogP contribution is -2.34. The third-order valence-corrected chi connectivity index (χ3v) is 8.32. The van der Waals surface area contributed by atoms with Gasteiger partial charge in [0.1, 0.15) is 5.82 Å². The molecule has 0 saturated heterocycles. The molecule has 1 aromatic heterocycles. The van der Waals surface area contributed by atoms with Crippen LogP contribution in [0, 0.1) is 0 Å². The van der Waals surface area contributed by atoms with Crippen LogP contribution in [0.4, 0.5) is 0 Å². The van der Waals surface area contributed by atoms with Gasteiger partial charge in [-0.2, -0.15) is 4.31 Å². The van der Waals surface area contributed by atoms with Gasteiger partial charge in [0.2, 0.25) is 10.0 Å². The second kappa shape index (κ2) is 9.53. The van der Waals surface area contributed by atoms with Gasteiger partial charge in [0.15, 0.2) is 0 Å². The maximum absolute atomic E-state index is 13.6. The Morgan fingerprint density at radius 1 is 0.750 bits per heavy atom. The summed E-state index contributed by atoms with van der Waals surface area (Å²) in [7, 11) is -2.36. The number of fused-ring (bicyclic) bond motifs is 1. The molecule has 0 N–H and O–H groups in total. The van der Waals surface area contributed by atoms with Crippen LogP contribution in [0.5, 0.6) is 0 Å². The molecule has 0 aliphatic heterocycles. The molecule has 0 radical (unpaired) electrons. The largest absolute Gasteiger partial charge is 0.268 e. The van der Waals surface area contributed by atoms with Crippen molar-refractivity contribution in [1.29, 1.82) is 0 Å². The van der Waals surface area contributed by atoms with Crippen molar-refractivity contribution in [3.05, 3.63) is 125 Å². The van der Waals surface area contributed by atoms with Gasteiger partial charge < -0.3 is 0 Å². The molecule has 180 valence electrons. The maximum atomic E-state index is 13.6. The third-order valence-electron chi connectivity index (χ3n) is 6.37. The van der Waals surface area contributed by atoms with Crippen molar-refractivity contribution in [2.24, 2.45) is 0 Å². The molecule has 5 rings (SSSR count). The Kier molecular flexibility index (Phi) is 6.26. The molecule has 1 heterocycles. The zero-order chi connectivity index (χ0) is 25.3. The Hall–Kier alpha value is -4.07. The van der Waals surface area contributed by atoms with Crippen molar-refractivity contribution in [2.45, 2.75) is 17.9 Å². The Morgan fingerprint density at radius 3 is 1.97 bits per heavy atom. The van der Waals surface area contributed by atoms with Crippen molar-refractivity contribution in [2.75, 3.05) is 7.05 Å². The first-order chi connectivity index (χ1) is 17.4. The standard InChI is InChI=1S/C29H25N3O3S/c1-21(31(2)36(34,35)25-19-17-23(18-20-25)22-11-5-3-6-12-22)28-30-27-16-10-9-15-26(27)29(33)32(28)24-13-7-4-8-14-24/h3-21H,1-2H3. The van der Waals surface area contributed by atoms with Gasteiger partial charge >= 0.3 is 0 Å². The number of nitrogens with zero attached hydrogens (tertiary/aromatic N) is 3. The van der Waals surface area contributed by atoms with Crippen LogP contribution in [0.1, 0.15) is 18.8 Å². The highest BCUT2D eigenvalue weighted by molar-refractivity contribution is 7.89. The van der Waals surface area contributed by atoms with Crippen molar-refractivity contribution >= 4 is 20.9 Å². The van der Waals surface area contributed by atoms with Gasteiger partial charge in [-0.3, -0.25) is 9.36 Å². The number of hydrogen-bond acceptors (Lipinski definition) is 4. The van der Waals surface area contributed by atoms with E-state index < -0.39 is 16.1 Å². The van der Waals surface area contributed by atoms with Gasteiger partial charge in [0, 0.05) is 7.05 Å². The van der Waals surface area contributed by atoms with Crippen LogP contribution in [0.15, 0.2) is 119 Å². The van der Waals surface area contributed by atoms with Crippen LogP contribution < -0.4 is 5.56 Å². The topological polar surface area (TPSA) is 72.3 Å². The molecule has 1 atom stereocenters. The highest BCUT2D eigenvalue weighted by Crippen LogP contribution is 2.28. The summed E-state index contributed by atoms with van der Waals surface area (Å²) in [5.41, 5.74) is 2.84. The summed E-state index contributed by atoms with van der Waals surface area (Å²) in [6.07, 6.45) is 0. The van der Waals surface area contributed by atoms with Gasteiger partial charge in [-0.1, -0.05) is 72.8 Å². The smallest absolute Gasteiger partial charge is 0.266 e. The number of sulfonamides is 1.